The molecule has 1 aliphatic rings. The van der Waals surface area contributed by atoms with Crippen molar-refractivity contribution in [2.45, 2.75) is 25.8 Å². The molecule has 1 fully saturated rings. The smallest absolute Gasteiger partial charge is 0.270 e. The molecule has 2 rings (SSSR count). The minimum Gasteiger partial charge on any atom is -0.383 e. The van der Waals surface area contributed by atoms with Crippen molar-refractivity contribution in [1.82, 2.24) is 9.78 Å². The van der Waals surface area contributed by atoms with Crippen molar-refractivity contribution in [2.24, 2.45) is 5.92 Å². The van der Waals surface area contributed by atoms with E-state index in [-0.39, 0.29) is 5.56 Å². The van der Waals surface area contributed by atoms with E-state index in [1.54, 1.807) is 13.1 Å². The fourth-order valence-corrected chi connectivity index (χ4v) is 1.44. The van der Waals surface area contributed by atoms with E-state index < -0.39 is 6.04 Å². The molecule has 1 atom stereocenters. The summed E-state index contributed by atoms with van der Waals surface area (Å²) in [4.78, 5) is 11.6. The molecule has 1 saturated carbocycles. The third kappa shape index (κ3) is 2.40. The van der Waals surface area contributed by atoms with Crippen LogP contribution in [0.25, 0.3) is 0 Å². The summed E-state index contributed by atoms with van der Waals surface area (Å²) in [5.41, 5.74) is 0.494. The van der Waals surface area contributed by atoms with Crippen LogP contribution in [-0.2, 0) is 0 Å². The van der Waals surface area contributed by atoms with Gasteiger partial charge < -0.3 is 5.32 Å². The van der Waals surface area contributed by atoms with Gasteiger partial charge in [0.2, 0.25) is 0 Å². The van der Waals surface area contributed by atoms with E-state index in [2.05, 4.69) is 10.4 Å². The highest BCUT2D eigenvalue weighted by atomic mass is 16.1. The van der Waals surface area contributed by atoms with Crippen LogP contribution in [0.3, 0.4) is 0 Å². The Morgan fingerprint density at radius 3 is 3.06 bits per heavy atom. The van der Waals surface area contributed by atoms with Gasteiger partial charge in [0.05, 0.1) is 18.0 Å². The summed E-state index contributed by atoms with van der Waals surface area (Å²) in [5, 5.41) is 15.8. The Bertz CT molecular complexity index is 470. The van der Waals surface area contributed by atoms with Gasteiger partial charge in [0.1, 0.15) is 6.04 Å². The van der Waals surface area contributed by atoms with Gasteiger partial charge in [0.15, 0.2) is 0 Å². The second kappa shape index (κ2) is 4.35. The maximum absolute atomic E-state index is 11.6. The molecule has 84 valence electrons. The first-order valence-corrected chi connectivity index (χ1v) is 5.43. The average Bonchev–Trinajstić information content (AvgIpc) is 3.09. The first-order chi connectivity index (χ1) is 7.70. The lowest BCUT2D eigenvalue weighted by Crippen LogP contribution is -2.25. The molecule has 0 amide bonds. The zero-order valence-corrected chi connectivity index (χ0v) is 9.18. The number of aromatic nitrogens is 2. The molecule has 0 saturated heterocycles. The molecule has 1 heterocycles. The van der Waals surface area contributed by atoms with Gasteiger partial charge in [-0.2, -0.15) is 10.4 Å². The third-order valence-corrected chi connectivity index (χ3v) is 2.67. The van der Waals surface area contributed by atoms with Gasteiger partial charge in [-0.25, -0.2) is 4.68 Å². The number of anilines is 1. The summed E-state index contributed by atoms with van der Waals surface area (Å²) in [6.07, 6.45) is 4.13. The molecule has 1 aromatic rings. The molecule has 5 heteroatoms. The number of hydrogen-bond donors (Lipinski definition) is 1. The van der Waals surface area contributed by atoms with Crippen molar-refractivity contribution < 1.29 is 0 Å². The van der Waals surface area contributed by atoms with Crippen molar-refractivity contribution >= 4 is 5.69 Å². The van der Waals surface area contributed by atoms with Gasteiger partial charge in [-0.15, -0.1) is 0 Å². The largest absolute Gasteiger partial charge is 0.383 e. The molecule has 5 nitrogen and oxygen atoms in total. The molecule has 1 aliphatic carbocycles. The standard InChI is InChI=1S/C11H14N4O/c1-8(5-12)15-11(16)4-10(7-14-15)13-6-9-2-3-9/h4,7-9,13H,2-3,6H2,1H3. The Balaban J connectivity index is 2.09. The quantitative estimate of drug-likeness (QED) is 0.823. The Kier molecular flexibility index (Phi) is 2.91. The number of nitriles is 1. The van der Waals surface area contributed by atoms with Crippen LogP contribution in [0.4, 0.5) is 5.69 Å². The minimum atomic E-state index is -0.523. The summed E-state index contributed by atoms with van der Waals surface area (Å²) in [7, 11) is 0. The topological polar surface area (TPSA) is 70.7 Å². The highest BCUT2D eigenvalue weighted by Gasteiger charge is 2.20. The van der Waals surface area contributed by atoms with Crippen molar-refractivity contribution in [3.8, 4) is 6.07 Å². The van der Waals surface area contributed by atoms with Crippen molar-refractivity contribution in [3.05, 3.63) is 22.6 Å². The van der Waals surface area contributed by atoms with E-state index >= 15 is 0 Å². The van der Waals surface area contributed by atoms with Crippen molar-refractivity contribution in [1.29, 1.82) is 5.26 Å². The normalized spacial score (nSPS) is 16.5. The lowest BCUT2D eigenvalue weighted by Gasteiger charge is -2.08. The maximum atomic E-state index is 11.6. The number of hydrogen-bond acceptors (Lipinski definition) is 4. The van der Waals surface area contributed by atoms with Gasteiger partial charge in [-0.05, 0) is 25.7 Å². The molecular formula is C11H14N4O. The van der Waals surface area contributed by atoms with Crippen LogP contribution in [-0.4, -0.2) is 16.3 Å². The third-order valence-electron chi connectivity index (χ3n) is 2.67. The highest BCUT2D eigenvalue weighted by Crippen LogP contribution is 2.28. The summed E-state index contributed by atoms with van der Waals surface area (Å²) in [6, 6.07) is 2.95. The fraction of sp³-hybridized carbons (Fsp3) is 0.545. The SMILES string of the molecule is CC(C#N)n1ncc(NCC2CC2)cc1=O. The lowest BCUT2D eigenvalue weighted by molar-refractivity contribution is 0.555. The molecule has 0 radical (unpaired) electrons. The lowest BCUT2D eigenvalue weighted by atomic mass is 10.3. The Morgan fingerprint density at radius 1 is 1.75 bits per heavy atom. The molecule has 0 bridgehead atoms. The van der Waals surface area contributed by atoms with Gasteiger partial charge in [0.25, 0.3) is 5.56 Å². The van der Waals surface area contributed by atoms with Gasteiger partial charge in [-0.3, -0.25) is 4.79 Å². The Morgan fingerprint density at radius 2 is 2.50 bits per heavy atom. The van der Waals surface area contributed by atoms with Crippen LogP contribution in [0.2, 0.25) is 0 Å². The molecule has 1 aromatic heterocycles. The van der Waals surface area contributed by atoms with Crippen LogP contribution in [0.1, 0.15) is 25.8 Å². The van der Waals surface area contributed by atoms with Crippen LogP contribution in [0.5, 0.6) is 0 Å². The first-order valence-electron chi connectivity index (χ1n) is 5.43. The van der Waals surface area contributed by atoms with Crippen LogP contribution in [0, 0.1) is 17.2 Å². The molecule has 16 heavy (non-hydrogen) atoms. The predicted molar refractivity (Wildman–Crippen MR) is 60.0 cm³/mol. The van der Waals surface area contributed by atoms with E-state index in [0.717, 1.165) is 18.2 Å². The minimum absolute atomic E-state index is 0.241. The van der Waals surface area contributed by atoms with Gasteiger partial charge in [0, 0.05) is 12.6 Å². The van der Waals surface area contributed by atoms with E-state index in [0.29, 0.717) is 0 Å². The van der Waals surface area contributed by atoms with E-state index in [1.807, 2.05) is 6.07 Å². The number of nitrogens with one attached hydrogen (secondary N) is 1. The van der Waals surface area contributed by atoms with Crippen LogP contribution in [0.15, 0.2) is 17.1 Å². The van der Waals surface area contributed by atoms with Crippen molar-refractivity contribution in [3.63, 3.8) is 0 Å². The summed E-state index contributed by atoms with van der Waals surface area (Å²) in [6.45, 7) is 2.55. The van der Waals surface area contributed by atoms with E-state index in [4.69, 9.17) is 5.26 Å². The first kappa shape index (κ1) is 10.7. The molecule has 0 spiro atoms. The monoisotopic (exact) mass is 218 g/mol. The Hall–Kier alpha value is -1.83. The van der Waals surface area contributed by atoms with Gasteiger partial charge >= 0.3 is 0 Å². The summed E-state index contributed by atoms with van der Waals surface area (Å²) < 4.78 is 1.18. The average molecular weight is 218 g/mol. The fourth-order valence-electron chi connectivity index (χ4n) is 1.44. The molecule has 0 aliphatic heterocycles. The summed E-state index contributed by atoms with van der Waals surface area (Å²) in [5.74, 6) is 0.750. The van der Waals surface area contributed by atoms with Crippen molar-refractivity contribution in [2.75, 3.05) is 11.9 Å². The Labute approximate surface area is 93.7 Å². The molecule has 1 unspecified atom stereocenters. The highest BCUT2D eigenvalue weighted by molar-refractivity contribution is 5.39. The van der Waals surface area contributed by atoms with Crippen LogP contribution >= 0.6 is 0 Å². The maximum Gasteiger partial charge on any atom is 0.270 e. The summed E-state index contributed by atoms with van der Waals surface area (Å²) >= 11 is 0. The molecule has 1 N–H and O–H groups in total. The van der Waals surface area contributed by atoms with Gasteiger partial charge in [-0.1, -0.05) is 0 Å². The predicted octanol–water partition coefficient (Wildman–Crippen LogP) is 1.15. The number of rotatable bonds is 4. The van der Waals surface area contributed by atoms with Crippen LogP contribution < -0.4 is 10.9 Å². The molecular weight excluding hydrogens is 204 g/mol. The van der Waals surface area contributed by atoms with E-state index in [9.17, 15) is 4.79 Å². The second-order valence-corrected chi connectivity index (χ2v) is 4.16. The number of nitrogens with zero attached hydrogens (tertiary/aromatic N) is 3. The zero-order valence-electron chi connectivity index (χ0n) is 9.18. The second-order valence-electron chi connectivity index (χ2n) is 4.16. The zero-order chi connectivity index (χ0) is 11.5. The van der Waals surface area contributed by atoms with E-state index in [1.165, 1.54) is 23.6 Å². The molecule has 0 aromatic carbocycles.